The van der Waals surface area contributed by atoms with Gasteiger partial charge in [-0.05, 0) is 25.5 Å². The molecule has 0 radical (unpaired) electrons. The molecule has 1 aromatic carbocycles. The highest BCUT2D eigenvalue weighted by Crippen LogP contribution is 2.27. The Morgan fingerprint density at radius 1 is 1.41 bits per heavy atom. The van der Waals surface area contributed by atoms with E-state index < -0.39 is 0 Å². The minimum absolute atomic E-state index is 0.0109. The number of alkyl halides is 1. The second-order valence-corrected chi connectivity index (χ2v) is 5.54. The highest BCUT2D eigenvalue weighted by molar-refractivity contribution is 7.09. The first kappa shape index (κ1) is 12.4. The van der Waals surface area contributed by atoms with Gasteiger partial charge in [0.25, 0.3) is 0 Å². The smallest absolute Gasteiger partial charge is 0.112 e. The number of nitrogens with zero attached hydrogens (tertiary/aromatic N) is 1. The van der Waals surface area contributed by atoms with E-state index in [4.69, 9.17) is 11.6 Å². The summed E-state index contributed by atoms with van der Waals surface area (Å²) in [4.78, 5) is 4.42. The molecule has 2 aromatic rings. The number of rotatable bonds is 4. The van der Waals surface area contributed by atoms with Gasteiger partial charge in [-0.2, -0.15) is 0 Å². The minimum atomic E-state index is 0.0109. The molecule has 0 saturated heterocycles. The minimum Gasteiger partial charge on any atom is -0.378 e. The molecular weight excluding hydrogens is 252 g/mol. The number of nitrogens with one attached hydrogen (secondary N) is 1. The Balaban J connectivity index is 2.08. The average Bonchev–Trinajstić information content (AvgIpc) is 2.73. The summed E-state index contributed by atoms with van der Waals surface area (Å²) in [6.45, 7) is 4.74. The largest absolute Gasteiger partial charge is 0.378 e. The van der Waals surface area contributed by atoms with Crippen LogP contribution in [-0.2, 0) is 6.54 Å². The number of hydrogen-bond donors (Lipinski definition) is 1. The Morgan fingerprint density at radius 3 is 2.82 bits per heavy atom. The van der Waals surface area contributed by atoms with Crippen molar-refractivity contribution >= 4 is 28.6 Å². The van der Waals surface area contributed by atoms with Gasteiger partial charge in [0.05, 0.1) is 11.9 Å². The number of para-hydroxylation sites is 1. The lowest BCUT2D eigenvalue weighted by Crippen LogP contribution is -2.02. The summed E-state index contributed by atoms with van der Waals surface area (Å²) in [6, 6.07) is 8.12. The SMILES string of the molecule is Cc1csc(CNc2ccccc2C(C)Cl)n1. The number of benzene rings is 1. The van der Waals surface area contributed by atoms with Crippen LogP contribution >= 0.6 is 22.9 Å². The van der Waals surface area contributed by atoms with Crippen LogP contribution in [0.4, 0.5) is 5.69 Å². The van der Waals surface area contributed by atoms with Crippen molar-refractivity contribution in [3.05, 3.63) is 45.9 Å². The van der Waals surface area contributed by atoms with Gasteiger partial charge < -0.3 is 5.32 Å². The van der Waals surface area contributed by atoms with Crippen molar-refractivity contribution in [2.45, 2.75) is 25.8 Å². The summed E-state index contributed by atoms with van der Waals surface area (Å²) < 4.78 is 0. The number of aryl methyl sites for hydroxylation is 1. The normalized spacial score (nSPS) is 12.4. The summed E-state index contributed by atoms with van der Waals surface area (Å²) in [5.74, 6) is 0. The van der Waals surface area contributed by atoms with Gasteiger partial charge in [-0.1, -0.05) is 18.2 Å². The number of aromatic nitrogens is 1. The Labute approximate surface area is 111 Å². The second-order valence-electron chi connectivity index (χ2n) is 3.94. The molecule has 1 N–H and O–H groups in total. The highest BCUT2D eigenvalue weighted by atomic mass is 35.5. The fraction of sp³-hybridized carbons (Fsp3) is 0.308. The number of anilines is 1. The monoisotopic (exact) mass is 266 g/mol. The molecule has 90 valence electrons. The van der Waals surface area contributed by atoms with E-state index >= 15 is 0 Å². The lowest BCUT2D eigenvalue weighted by molar-refractivity contribution is 1.04. The molecule has 0 spiro atoms. The van der Waals surface area contributed by atoms with Crippen LogP contribution in [0.25, 0.3) is 0 Å². The van der Waals surface area contributed by atoms with Crippen molar-refractivity contribution in [3.8, 4) is 0 Å². The van der Waals surface area contributed by atoms with Crippen LogP contribution in [0.15, 0.2) is 29.6 Å². The molecule has 0 aliphatic heterocycles. The molecule has 1 atom stereocenters. The van der Waals surface area contributed by atoms with Gasteiger partial charge >= 0.3 is 0 Å². The standard InChI is InChI=1S/C13H15ClN2S/c1-9-8-17-13(16-9)7-15-12-6-4-3-5-11(12)10(2)14/h3-6,8,10,15H,7H2,1-2H3. The van der Waals surface area contributed by atoms with Crippen LogP contribution in [0, 0.1) is 6.92 Å². The third-order valence-corrected chi connectivity index (χ3v) is 3.69. The molecule has 1 aromatic heterocycles. The van der Waals surface area contributed by atoms with Crippen LogP contribution in [0.1, 0.15) is 28.6 Å². The van der Waals surface area contributed by atoms with Gasteiger partial charge in [0.2, 0.25) is 0 Å². The van der Waals surface area contributed by atoms with Crippen LogP contribution in [-0.4, -0.2) is 4.98 Å². The summed E-state index contributed by atoms with van der Waals surface area (Å²) in [7, 11) is 0. The predicted octanol–water partition coefficient (Wildman–Crippen LogP) is 4.36. The van der Waals surface area contributed by atoms with Crippen molar-refractivity contribution in [2.24, 2.45) is 0 Å². The zero-order valence-corrected chi connectivity index (χ0v) is 11.5. The lowest BCUT2D eigenvalue weighted by atomic mass is 10.1. The van der Waals surface area contributed by atoms with Crippen molar-refractivity contribution < 1.29 is 0 Å². The predicted molar refractivity (Wildman–Crippen MR) is 74.9 cm³/mol. The van der Waals surface area contributed by atoms with Crippen molar-refractivity contribution in [1.82, 2.24) is 4.98 Å². The van der Waals surface area contributed by atoms with Gasteiger partial charge in [-0.25, -0.2) is 4.98 Å². The molecule has 0 amide bonds. The van der Waals surface area contributed by atoms with E-state index in [1.807, 2.05) is 32.0 Å². The average molecular weight is 267 g/mol. The fourth-order valence-electron chi connectivity index (χ4n) is 1.66. The van der Waals surface area contributed by atoms with Gasteiger partial charge in [-0.15, -0.1) is 22.9 Å². The Hall–Kier alpha value is -1.06. The number of hydrogen-bond acceptors (Lipinski definition) is 3. The summed E-state index contributed by atoms with van der Waals surface area (Å²) >= 11 is 7.82. The lowest BCUT2D eigenvalue weighted by Gasteiger charge is -2.12. The van der Waals surface area contributed by atoms with Crippen molar-refractivity contribution in [2.75, 3.05) is 5.32 Å². The van der Waals surface area contributed by atoms with E-state index in [0.29, 0.717) is 0 Å². The molecule has 1 heterocycles. The van der Waals surface area contributed by atoms with Gasteiger partial charge in [0.15, 0.2) is 0 Å². The van der Waals surface area contributed by atoms with Crippen LogP contribution < -0.4 is 5.32 Å². The summed E-state index contributed by atoms with van der Waals surface area (Å²) in [6.07, 6.45) is 0. The second kappa shape index (κ2) is 5.52. The van der Waals surface area contributed by atoms with Crippen LogP contribution in [0.3, 0.4) is 0 Å². The first-order valence-electron chi connectivity index (χ1n) is 5.54. The summed E-state index contributed by atoms with van der Waals surface area (Å²) in [5, 5.41) is 6.56. The van der Waals surface area contributed by atoms with Gasteiger partial charge in [0.1, 0.15) is 5.01 Å². The van der Waals surface area contributed by atoms with Crippen LogP contribution in [0.2, 0.25) is 0 Å². The molecule has 0 aliphatic carbocycles. The van der Waals surface area contributed by atoms with Crippen LogP contribution in [0.5, 0.6) is 0 Å². The number of thiazole rings is 1. The fourth-order valence-corrected chi connectivity index (χ4v) is 2.56. The zero-order valence-electron chi connectivity index (χ0n) is 9.90. The Morgan fingerprint density at radius 2 is 2.18 bits per heavy atom. The molecular formula is C13H15ClN2S. The molecule has 0 fully saturated rings. The molecule has 0 bridgehead atoms. The molecule has 1 unspecified atom stereocenters. The van der Waals surface area contributed by atoms with E-state index in [1.165, 1.54) is 0 Å². The van der Waals surface area contributed by atoms with E-state index in [1.54, 1.807) is 11.3 Å². The molecule has 2 nitrogen and oxygen atoms in total. The van der Waals surface area contributed by atoms with E-state index in [2.05, 4.69) is 21.7 Å². The molecule has 17 heavy (non-hydrogen) atoms. The van der Waals surface area contributed by atoms with Crippen molar-refractivity contribution in [1.29, 1.82) is 0 Å². The quantitative estimate of drug-likeness (QED) is 0.832. The Kier molecular flexibility index (Phi) is 4.02. The van der Waals surface area contributed by atoms with E-state index in [0.717, 1.165) is 28.5 Å². The molecule has 0 aliphatic rings. The Bertz CT molecular complexity index is 494. The first-order chi connectivity index (χ1) is 8.16. The highest BCUT2D eigenvalue weighted by Gasteiger charge is 2.07. The van der Waals surface area contributed by atoms with E-state index in [9.17, 15) is 0 Å². The zero-order chi connectivity index (χ0) is 12.3. The first-order valence-corrected chi connectivity index (χ1v) is 6.86. The maximum atomic E-state index is 6.14. The topological polar surface area (TPSA) is 24.9 Å². The summed E-state index contributed by atoms with van der Waals surface area (Å²) in [5.41, 5.74) is 3.29. The van der Waals surface area contributed by atoms with Gasteiger partial charge in [-0.3, -0.25) is 0 Å². The maximum absolute atomic E-state index is 6.14. The molecule has 0 saturated carbocycles. The van der Waals surface area contributed by atoms with Gasteiger partial charge in [0, 0.05) is 16.8 Å². The number of halogens is 1. The van der Waals surface area contributed by atoms with E-state index in [-0.39, 0.29) is 5.38 Å². The third kappa shape index (κ3) is 3.20. The van der Waals surface area contributed by atoms with Crippen molar-refractivity contribution in [3.63, 3.8) is 0 Å². The third-order valence-electron chi connectivity index (χ3n) is 2.49. The maximum Gasteiger partial charge on any atom is 0.112 e. The molecule has 4 heteroatoms. The molecule has 2 rings (SSSR count).